The summed E-state index contributed by atoms with van der Waals surface area (Å²) in [6.45, 7) is 5.71. The number of amides is 1. The van der Waals surface area contributed by atoms with Gasteiger partial charge in [-0.2, -0.15) is 4.98 Å². The highest BCUT2D eigenvalue weighted by atomic mass is 35.5. The summed E-state index contributed by atoms with van der Waals surface area (Å²) >= 11 is 5.94. The zero-order valence-electron chi connectivity index (χ0n) is 13.8. The molecule has 1 aliphatic rings. The normalized spacial score (nSPS) is 17.9. The summed E-state index contributed by atoms with van der Waals surface area (Å²) in [6.07, 6.45) is 1.88. The van der Waals surface area contributed by atoms with E-state index in [0.29, 0.717) is 28.2 Å². The predicted molar refractivity (Wildman–Crippen MR) is 90.9 cm³/mol. The number of aromatic nitrogens is 2. The minimum Gasteiger partial charge on any atom is -0.340 e. The second-order valence-corrected chi connectivity index (χ2v) is 7.10. The van der Waals surface area contributed by atoms with Gasteiger partial charge in [0.1, 0.15) is 0 Å². The van der Waals surface area contributed by atoms with Crippen molar-refractivity contribution in [3.05, 3.63) is 46.6 Å². The minimum atomic E-state index is -0.741. The van der Waals surface area contributed by atoms with Crippen molar-refractivity contribution >= 4 is 17.5 Å². The van der Waals surface area contributed by atoms with Crippen molar-refractivity contribution in [1.82, 2.24) is 20.8 Å². The molecule has 0 saturated carbocycles. The quantitative estimate of drug-likeness (QED) is 0.868. The lowest BCUT2D eigenvalue weighted by atomic mass is 10.0. The number of hydrogen-bond donors (Lipinski definition) is 2. The second kappa shape index (κ2) is 6.91. The summed E-state index contributed by atoms with van der Waals surface area (Å²) < 4.78 is 5.36. The molecular formula is C17H21ClN4O2. The van der Waals surface area contributed by atoms with E-state index in [4.69, 9.17) is 16.1 Å². The molecule has 0 spiro atoms. The number of halogens is 1. The van der Waals surface area contributed by atoms with Crippen LogP contribution in [0.25, 0.3) is 0 Å². The Labute approximate surface area is 146 Å². The lowest BCUT2D eigenvalue weighted by Gasteiger charge is -2.22. The van der Waals surface area contributed by atoms with E-state index >= 15 is 0 Å². The Bertz CT molecular complexity index is 723. The van der Waals surface area contributed by atoms with E-state index in [1.165, 1.54) is 0 Å². The van der Waals surface area contributed by atoms with Crippen LogP contribution in [0.5, 0.6) is 0 Å². The number of nitrogens with zero attached hydrogens (tertiary/aromatic N) is 2. The van der Waals surface area contributed by atoms with Gasteiger partial charge >= 0.3 is 0 Å². The molecule has 3 rings (SSSR count). The summed E-state index contributed by atoms with van der Waals surface area (Å²) in [6, 6.07) is 6.81. The molecule has 0 aliphatic carbocycles. The number of nitrogens with one attached hydrogen (secondary N) is 2. The van der Waals surface area contributed by atoms with Crippen LogP contribution in [0.3, 0.4) is 0 Å². The SMILES string of the molecule is CC(C)(NC(=O)c1cccc(Cl)c1)c1noc(CC2CCNC2)n1. The lowest BCUT2D eigenvalue weighted by molar-refractivity contribution is 0.0907. The van der Waals surface area contributed by atoms with Gasteiger partial charge in [-0.3, -0.25) is 4.79 Å². The fourth-order valence-corrected chi connectivity index (χ4v) is 2.96. The summed E-state index contributed by atoms with van der Waals surface area (Å²) in [5.74, 6) is 1.39. The molecular weight excluding hydrogens is 328 g/mol. The van der Waals surface area contributed by atoms with Crippen molar-refractivity contribution in [1.29, 1.82) is 0 Å². The van der Waals surface area contributed by atoms with Gasteiger partial charge in [0.25, 0.3) is 5.91 Å². The second-order valence-electron chi connectivity index (χ2n) is 6.66. The van der Waals surface area contributed by atoms with E-state index in [1.54, 1.807) is 24.3 Å². The number of carbonyl (C=O) groups is 1. The standard InChI is InChI=1S/C17H21ClN4O2/c1-17(2,21-15(23)12-4-3-5-13(18)9-12)16-20-14(24-22-16)8-11-6-7-19-10-11/h3-5,9,11,19H,6-8,10H2,1-2H3,(H,21,23). The molecule has 128 valence electrons. The van der Waals surface area contributed by atoms with E-state index in [9.17, 15) is 4.79 Å². The third-order valence-electron chi connectivity index (χ3n) is 4.17. The first-order valence-electron chi connectivity index (χ1n) is 8.06. The van der Waals surface area contributed by atoms with Gasteiger partial charge in [0, 0.05) is 17.0 Å². The molecule has 1 aliphatic heterocycles. The van der Waals surface area contributed by atoms with Crippen molar-refractivity contribution in [3.8, 4) is 0 Å². The van der Waals surface area contributed by atoms with E-state index in [-0.39, 0.29) is 5.91 Å². The Morgan fingerprint density at radius 2 is 2.33 bits per heavy atom. The van der Waals surface area contributed by atoms with Gasteiger partial charge in [0.2, 0.25) is 5.89 Å². The Morgan fingerprint density at radius 1 is 1.50 bits per heavy atom. The van der Waals surface area contributed by atoms with Crippen molar-refractivity contribution < 1.29 is 9.32 Å². The summed E-state index contributed by atoms with van der Waals surface area (Å²) in [7, 11) is 0. The van der Waals surface area contributed by atoms with Gasteiger partial charge in [0.05, 0.1) is 5.54 Å². The van der Waals surface area contributed by atoms with E-state index in [1.807, 2.05) is 13.8 Å². The fraction of sp³-hybridized carbons (Fsp3) is 0.471. The minimum absolute atomic E-state index is 0.228. The van der Waals surface area contributed by atoms with Crippen molar-refractivity contribution in [2.45, 2.75) is 32.2 Å². The molecule has 1 unspecified atom stereocenters. The molecule has 24 heavy (non-hydrogen) atoms. The smallest absolute Gasteiger partial charge is 0.252 e. The topological polar surface area (TPSA) is 80.0 Å². The van der Waals surface area contributed by atoms with E-state index < -0.39 is 5.54 Å². The van der Waals surface area contributed by atoms with Crippen LogP contribution in [0, 0.1) is 5.92 Å². The third kappa shape index (κ3) is 3.94. The molecule has 1 atom stereocenters. The molecule has 1 amide bonds. The highest BCUT2D eigenvalue weighted by Crippen LogP contribution is 2.20. The number of benzene rings is 1. The first-order chi connectivity index (χ1) is 11.4. The lowest BCUT2D eigenvalue weighted by Crippen LogP contribution is -2.41. The van der Waals surface area contributed by atoms with Gasteiger partial charge in [-0.15, -0.1) is 0 Å². The molecule has 2 aromatic rings. The predicted octanol–water partition coefficient (Wildman–Crippen LogP) is 2.54. The zero-order chi connectivity index (χ0) is 17.2. The summed E-state index contributed by atoms with van der Waals surface area (Å²) in [5, 5.41) is 10.8. The summed E-state index contributed by atoms with van der Waals surface area (Å²) in [4.78, 5) is 16.9. The fourth-order valence-electron chi connectivity index (χ4n) is 2.77. The van der Waals surface area contributed by atoms with Crippen molar-refractivity contribution in [2.75, 3.05) is 13.1 Å². The maximum absolute atomic E-state index is 12.4. The molecule has 1 aromatic heterocycles. The highest BCUT2D eigenvalue weighted by molar-refractivity contribution is 6.30. The Kier molecular flexibility index (Phi) is 4.87. The van der Waals surface area contributed by atoms with Crippen LogP contribution in [-0.2, 0) is 12.0 Å². The van der Waals surface area contributed by atoms with Gasteiger partial charge in [-0.1, -0.05) is 22.8 Å². The van der Waals surface area contributed by atoms with Gasteiger partial charge < -0.3 is 15.2 Å². The monoisotopic (exact) mass is 348 g/mol. The maximum atomic E-state index is 12.4. The maximum Gasteiger partial charge on any atom is 0.252 e. The number of carbonyl (C=O) groups excluding carboxylic acids is 1. The van der Waals surface area contributed by atoms with Gasteiger partial charge in [-0.25, -0.2) is 0 Å². The van der Waals surface area contributed by atoms with Crippen LogP contribution in [0.4, 0.5) is 0 Å². The van der Waals surface area contributed by atoms with Gasteiger partial charge in [0.15, 0.2) is 5.82 Å². The highest BCUT2D eigenvalue weighted by Gasteiger charge is 2.30. The number of hydrogen-bond acceptors (Lipinski definition) is 5. The molecule has 0 radical (unpaired) electrons. The van der Waals surface area contributed by atoms with Crippen LogP contribution >= 0.6 is 11.6 Å². The van der Waals surface area contributed by atoms with E-state index in [0.717, 1.165) is 25.9 Å². The van der Waals surface area contributed by atoms with Crippen LogP contribution in [-0.4, -0.2) is 29.1 Å². The van der Waals surface area contributed by atoms with Crippen LogP contribution in [0.2, 0.25) is 5.02 Å². The molecule has 1 saturated heterocycles. The molecule has 0 bridgehead atoms. The third-order valence-corrected chi connectivity index (χ3v) is 4.40. The molecule has 6 nitrogen and oxygen atoms in total. The van der Waals surface area contributed by atoms with Crippen LogP contribution < -0.4 is 10.6 Å². The molecule has 7 heteroatoms. The van der Waals surface area contributed by atoms with Crippen molar-refractivity contribution in [3.63, 3.8) is 0 Å². The largest absolute Gasteiger partial charge is 0.340 e. The van der Waals surface area contributed by atoms with Crippen LogP contribution in [0.1, 0.15) is 42.3 Å². The first kappa shape index (κ1) is 16.9. The Balaban J connectivity index is 1.68. The Morgan fingerprint density at radius 3 is 3.04 bits per heavy atom. The molecule has 2 heterocycles. The molecule has 2 N–H and O–H groups in total. The average Bonchev–Trinajstić information content (AvgIpc) is 3.19. The number of rotatable bonds is 5. The first-order valence-corrected chi connectivity index (χ1v) is 8.44. The molecule has 1 fully saturated rings. The van der Waals surface area contributed by atoms with Crippen LogP contribution in [0.15, 0.2) is 28.8 Å². The van der Waals surface area contributed by atoms with Crippen molar-refractivity contribution in [2.24, 2.45) is 5.92 Å². The Hall–Kier alpha value is -1.92. The average molecular weight is 349 g/mol. The molecule has 1 aromatic carbocycles. The summed E-state index contributed by atoms with van der Waals surface area (Å²) in [5.41, 5.74) is -0.244. The zero-order valence-corrected chi connectivity index (χ0v) is 14.6. The van der Waals surface area contributed by atoms with E-state index in [2.05, 4.69) is 20.8 Å². The van der Waals surface area contributed by atoms with Gasteiger partial charge in [-0.05, 0) is 57.5 Å².